The Hall–Kier alpha value is -1.64. The van der Waals surface area contributed by atoms with Gasteiger partial charge in [-0.2, -0.15) is 0 Å². The van der Waals surface area contributed by atoms with Crippen LogP contribution in [0.25, 0.3) is 0 Å². The van der Waals surface area contributed by atoms with E-state index < -0.39 is 0 Å². The molecular formula is C20H27FO2. The Morgan fingerprint density at radius 1 is 1.30 bits per heavy atom. The summed E-state index contributed by atoms with van der Waals surface area (Å²) in [6.45, 7) is 3.75. The summed E-state index contributed by atoms with van der Waals surface area (Å²) in [5.41, 5.74) is 0.964. The first kappa shape index (κ1) is 17.7. The third-order valence-electron chi connectivity index (χ3n) is 4.33. The van der Waals surface area contributed by atoms with Crippen LogP contribution in [0, 0.1) is 5.92 Å². The van der Waals surface area contributed by atoms with Gasteiger partial charge in [0.1, 0.15) is 11.6 Å². The molecule has 1 aromatic rings. The number of allylic oxidation sites excluding steroid dienone is 4. The minimum atomic E-state index is -0.173. The molecule has 2 nitrogen and oxygen atoms in total. The Morgan fingerprint density at radius 2 is 2.09 bits per heavy atom. The number of ketones is 1. The van der Waals surface area contributed by atoms with Gasteiger partial charge in [-0.05, 0) is 43.4 Å². The summed E-state index contributed by atoms with van der Waals surface area (Å²) >= 11 is 0. The smallest absolute Gasteiger partial charge is 0.195 e. The molecule has 1 unspecified atom stereocenters. The van der Waals surface area contributed by atoms with E-state index in [-0.39, 0.29) is 17.5 Å². The van der Waals surface area contributed by atoms with Crippen LogP contribution in [-0.4, -0.2) is 5.78 Å². The van der Waals surface area contributed by atoms with E-state index in [1.165, 1.54) is 31.8 Å². The molecule has 3 heteroatoms. The van der Waals surface area contributed by atoms with Crippen molar-refractivity contribution in [2.75, 3.05) is 0 Å². The van der Waals surface area contributed by atoms with Crippen LogP contribution in [-0.2, 0) is 12.8 Å². The molecule has 126 valence electrons. The highest BCUT2D eigenvalue weighted by Gasteiger charge is 2.18. The van der Waals surface area contributed by atoms with Crippen LogP contribution in [0.5, 0.6) is 0 Å². The van der Waals surface area contributed by atoms with E-state index in [0.717, 1.165) is 30.6 Å². The maximum atomic E-state index is 13.0. The molecule has 2 rings (SSSR count). The largest absolute Gasteiger partial charge is 0.458 e. The number of carbonyl (C=O) groups is 1. The van der Waals surface area contributed by atoms with Crippen molar-refractivity contribution >= 4 is 5.78 Å². The molecule has 0 N–H and O–H groups in total. The normalized spacial score (nSPS) is 17.3. The highest BCUT2D eigenvalue weighted by molar-refractivity contribution is 5.92. The minimum absolute atomic E-state index is 0.0289. The Labute approximate surface area is 138 Å². The van der Waals surface area contributed by atoms with Gasteiger partial charge in [-0.15, -0.1) is 0 Å². The number of hydrogen-bond acceptors (Lipinski definition) is 2. The van der Waals surface area contributed by atoms with Crippen LogP contribution in [0.1, 0.15) is 74.3 Å². The number of rotatable bonds is 9. The van der Waals surface area contributed by atoms with Crippen LogP contribution in [0.4, 0.5) is 4.39 Å². The molecular weight excluding hydrogens is 291 g/mol. The lowest BCUT2D eigenvalue weighted by molar-refractivity contribution is 0.0984. The van der Waals surface area contributed by atoms with Crippen LogP contribution in [0.2, 0.25) is 0 Å². The lowest BCUT2D eigenvalue weighted by Crippen LogP contribution is -2.05. The van der Waals surface area contributed by atoms with Gasteiger partial charge in [0.2, 0.25) is 0 Å². The van der Waals surface area contributed by atoms with Crippen molar-refractivity contribution in [2.45, 2.75) is 65.2 Å². The quantitative estimate of drug-likeness (QED) is 0.415. The molecule has 0 fully saturated rings. The topological polar surface area (TPSA) is 30.2 Å². The molecule has 1 aliphatic carbocycles. The van der Waals surface area contributed by atoms with Crippen molar-refractivity contribution in [1.29, 1.82) is 0 Å². The van der Waals surface area contributed by atoms with Gasteiger partial charge in [-0.1, -0.05) is 38.7 Å². The summed E-state index contributed by atoms with van der Waals surface area (Å²) in [4.78, 5) is 11.8. The lowest BCUT2D eigenvalue weighted by atomic mass is 9.92. The van der Waals surface area contributed by atoms with E-state index in [1.54, 1.807) is 13.0 Å². The fraction of sp³-hybridized carbons (Fsp3) is 0.550. The average molecular weight is 318 g/mol. The monoisotopic (exact) mass is 318 g/mol. The first-order valence-corrected chi connectivity index (χ1v) is 8.76. The Balaban J connectivity index is 1.95. The number of furan rings is 1. The van der Waals surface area contributed by atoms with E-state index in [2.05, 4.69) is 6.92 Å². The molecule has 0 spiro atoms. The zero-order valence-corrected chi connectivity index (χ0v) is 14.2. The van der Waals surface area contributed by atoms with Gasteiger partial charge in [0.25, 0.3) is 0 Å². The fourth-order valence-electron chi connectivity index (χ4n) is 3.03. The molecule has 0 saturated carbocycles. The molecule has 1 aromatic heterocycles. The fourth-order valence-corrected chi connectivity index (χ4v) is 3.03. The van der Waals surface area contributed by atoms with E-state index in [0.29, 0.717) is 12.2 Å². The molecule has 0 bridgehead atoms. The lowest BCUT2D eigenvalue weighted by Gasteiger charge is -2.12. The van der Waals surface area contributed by atoms with Crippen molar-refractivity contribution in [2.24, 2.45) is 5.92 Å². The second-order valence-electron chi connectivity index (χ2n) is 6.44. The van der Waals surface area contributed by atoms with E-state index >= 15 is 0 Å². The van der Waals surface area contributed by atoms with Crippen molar-refractivity contribution < 1.29 is 13.6 Å². The number of unbranched alkanes of at least 4 members (excludes halogenated alkanes) is 4. The Bertz CT molecular complexity index is 580. The van der Waals surface area contributed by atoms with Gasteiger partial charge in [-0.25, -0.2) is 4.39 Å². The predicted molar refractivity (Wildman–Crippen MR) is 91.3 cm³/mol. The zero-order chi connectivity index (χ0) is 16.7. The van der Waals surface area contributed by atoms with Gasteiger partial charge < -0.3 is 4.42 Å². The van der Waals surface area contributed by atoms with E-state index in [1.807, 2.05) is 12.1 Å². The number of carbonyl (C=O) groups excluding carboxylic acids is 1. The SMILES string of the molecule is CCCCCCCc1cc(CC2C=CC(F)=CC2)c(C(C)=O)o1. The first-order chi connectivity index (χ1) is 11.1. The van der Waals surface area contributed by atoms with Gasteiger partial charge >= 0.3 is 0 Å². The molecule has 0 radical (unpaired) electrons. The maximum absolute atomic E-state index is 13.0. The highest BCUT2D eigenvalue weighted by atomic mass is 19.1. The molecule has 0 amide bonds. The van der Waals surface area contributed by atoms with Gasteiger partial charge in [0.15, 0.2) is 11.5 Å². The van der Waals surface area contributed by atoms with E-state index in [4.69, 9.17) is 4.42 Å². The van der Waals surface area contributed by atoms with Crippen molar-refractivity contribution in [3.63, 3.8) is 0 Å². The number of halogens is 1. The van der Waals surface area contributed by atoms with Gasteiger partial charge in [-0.3, -0.25) is 4.79 Å². The Kier molecular flexibility index (Phi) is 6.82. The van der Waals surface area contributed by atoms with Gasteiger partial charge in [0, 0.05) is 18.9 Å². The average Bonchev–Trinajstić information content (AvgIpc) is 2.92. The Morgan fingerprint density at radius 3 is 2.74 bits per heavy atom. The maximum Gasteiger partial charge on any atom is 0.195 e. The van der Waals surface area contributed by atoms with Crippen LogP contribution >= 0.6 is 0 Å². The molecule has 1 aliphatic rings. The summed E-state index contributed by atoms with van der Waals surface area (Å²) in [6.07, 6.45) is 13.4. The van der Waals surface area contributed by atoms with E-state index in [9.17, 15) is 9.18 Å². The third kappa shape index (κ3) is 5.49. The summed E-state index contributed by atoms with van der Waals surface area (Å²) in [5.74, 6) is 1.43. The van der Waals surface area contributed by atoms with Crippen molar-refractivity contribution in [3.8, 4) is 0 Å². The van der Waals surface area contributed by atoms with Gasteiger partial charge in [0.05, 0.1) is 0 Å². The second kappa shape index (κ2) is 8.85. The molecule has 23 heavy (non-hydrogen) atoms. The molecule has 1 atom stereocenters. The van der Waals surface area contributed by atoms with Crippen LogP contribution in [0.3, 0.4) is 0 Å². The van der Waals surface area contributed by atoms with Crippen LogP contribution < -0.4 is 0 Å². The predicted octanol–water partition coefficient (Wildman–Crippen LogP) is 5.97. The van der Waals surface area contributed by atoms with Crippen molar-refractivity contribution in [3.05, 3.63) is 47.2 Å². The van der Waals surface area contributed by atoms with Crippen LogP contribution in [0.15, 0.2) is 34.5 Å². The summed E-state index contributed by atoms with van der Waals surface area (Å²) in [5, 5.41) is 0. The molecule has 0 aromatic carbocycles. The third-order valence-corrected chi connectivity index (χ3v) is 4.33. The summed E-state index contributed by atoms with van der Waals surface area (Å²) in [7, 11) is 0. The zero-order valence-electron chi connectivity index (χ0n) is 14.2. The molecule has 1 heterocycles. The number of Topliss-reactive ketones (excluding diaryl/α,β-unsaturated/α-hetero) is 1. The standard InChI is InChI=1S/C20H27FO2/c1-3-4-5-6-7-8-19-14-17(20(23-19)15(2)22)13-16-9-11-18(21)12-10-16/h9,11-12,14,16H,3-8,10,13H2,1-2H3. The van der Waals surface area contributed by atoms with Crippen molar-refractivity contribution in [1.82, 2.24) is 0 Å². The number of hydrogen-bond donors (Lipinski definition) is 0. The molecule has 0 aliphatic heterocycles. The summed E-state index contributed by atoms with van der Waals surface area (Å²) in [6, 6.07) is 2.03. The molecule has 0 saturated heterocycles. The second-order valence-corrected chi connectivity index (χ2v) is 6.44. The minimum Gasteiger partial charge on any atom is -0.458 e. The summed E-state index contributed by atoms with van der Waals surface area (Å²) < 4.78 is 18.8. The highest BCUT2D eigenvalue weighted by Crippen LogP contribution is 2.26. The number of aryl methyl sites for hydroxylation is 1. The first-order valence-electron chi connectivity index (χ1n) is 8.76.